The minimum atomic E-state index is -0.490. The Morgan fingerprint density at radius 3 is 2.81 bits per heavy atom. The van der Waals surface area contributed by atoms with Crippen LogP contribution in [0.4, 0.5) is 0 Å². The average Bonchev–Trinajstić information content (AvgIpc) is 3.14. The highest BCUT2D eigenvalue weighted by molar-refractivity contribution is 6.05. The van der Waals surface area contributed by atoms with Crippen molar-refractivity contribution >= 4 is 22.7 Å². The van der Waals surface area contributed by atoms with Crippen LogP contribution >= 0.6 is 0 Å². The first-order chi connectivity index (χ1) is 12.2. The Hall–Kier alpha value is -2.56. The summed E-state index contributed by atoms with van der Waals surface area (Å²) in [6.07, 6.45) is 3.43. The Kier molecular flexibility index (Phi) is 3.55. The molecule has 1 spiro atoms. The maximum Gasteiger partial charge on any atom is 0.257 e. The van der Waals surface area contributed by atoms with E-state index < -0.39 is 5.41 Å². The Morgan fingerprint density at radius 2 is 2.08 bits per heavy atom. The van der Waals surface area contributed by atoms with Crippen molar-refractivity contribution in [3.8, 4) is 0 Å². The lowest BCUT2D eigenvalue weighted by molar-refractivity contribution is -0.125. The van der Waals surface area contributed by atoms with Gasteiger partial charge in [-0.3, -0.25) is 9.59 Å². The molecule has 2 aliphatic rings. The van der Waals surface area contributed by atoms with E-state index in [4.69, 9.17) is 10.2 Å². The van der Waals surface area contributed by atoms with Crippen LogP contribution in [0.15, 0.2) is 40.5 Å². The van der Waals surface area contributed by atoms with Gasteiger partial charge in [0.15, 0.2) is 5.78 Å². The van der Waals surface area contributed by atoms with Gasteiger partial charge in [0.1, 0.15) is 11.3 Å². The molecule has 1 aromatic carbocycles. The van der Waals surface area contributed by atoms with Crippen molar-refractivity contribution in [1.29, 1.82) is 0 Å². The largest absolute Gasteiger partial charge is 0.461 e. The van der Waals surface area contributed by atoms with Crippen LogP contribution < -0.4 is 5.73 Å². The smallest absolute Gasteiger partial charge is 0.257 e. The summed E-state index contributed by atoms with van der Waals surface area (Å²) in [5, 5.41) is 0.941. The summed E-state index contributed by atoms with van der Waals surface area (Å²) < 4.78 is 5.76. The monoisotopic (exact) mass is 352 g/mol. The summed E-state index contributed by atoms with van der Waals surface area (Å²) in [7, 11) is 0. The predicted octanol–water partition coefficient (Wildman–Crippen LogP) is 3.42. The van der Waals surface area contributed by atoms with E-state index in [0.29, 0.717) is 36.4 Å². The quantitative estimate of drug-likeness (QED) is 0.853. The van der Waals surface area contributed by atoms with E-state index in [-0.39, 0.29) is 17.1 Å². The fraction of sp³-hybridized carbons (Fsp3) is 0.429. The van der Waals surface area contributed by atoms with E-state index in [1.54, 1.807) is 0 Å². The number of aryl methyl sites for hydroxylation is 1. The standard InChI is InChI=1S/C21H24N2O3/c1-13-9-14-5-4-6-15(17(14)26-13)19(25)23-8-7-21(12-23)10-16(22)18(24)20(2,3)11-21/h4-6,9-10H,7-8,11-12,22H2,1-3H3/t21-/m0/s1. The van der Waals surface area contributed by atoms with Crippen molar-refractivity contribution in [2.24, 2.45) is 16.6 Å². The molecular formula is C21H24N2O3. The second-order valence-electron chi connectivity index (χ2n) is 8.41. The summed E-state index contributed by atoms with van der Waals surface area (Å²) in [6.45, 7) is 7.00. The first-order valence-electron chi connectivity index (χ1n) is 9.02. The topological polar surface area (TPSA) is 76.5 Å². The van der Waals surface area contributed by atoms with Crippen molar-refractivity contribution in [2.45, 2.75) is 33.6 Å². The number of rotatable bonds is 1. The Labute approximate surface area is 152 Å². The fourth-order valence-corrected chi connectivity index (χ4v) is 4.66. The molecule has 0 unspecified atom stereocenters. The van der Waals surface area contributed by atoms with Crippen molar-refractivity contribution in [2.75, 3.05) is 13.1 Å². The third-order valence-electron chi connectivity index (χ3n) is 5.70. The molecule has 5 nitrogen and oxygen atoms in total. The van der Waals surface area contributed by atoms with Gasteiger partial charge in [-0.2, -0.15) is 0 Å². The zero-order valence-corrected chi connectivity index (χ0v) is 15.5. The number of nitrogens with two attached hydrogens (primary N) is 1. The SMILES string of the molecule is Cc1cc2cccc(C(=O)N3CC[C@@]4(C=C(N)C(=O)C(C)(C)C4)C3)c2o1. The number of benzene rings is 1. The van der Waals surface area contributed by atoms with Gasteiger partial charge >= 0.3 is 0 Å². The third-order valence-corrected chi connectivity index (χ3v) is 5.70. The number of para-hydroxylation sites is 1. The van der Waals surface area contributed by atoms with Gasteiger partial charge in [-0.25, -0.2) is 0 Å². The molecule has 4 rings (SSSR count). The van der Waals surface area contributed by atoms with Crippen LogP contribution in [0, 0.1) is 17.8 Å². The molecule has 5 heteroatoms. The number of hydrogen-bond acceptors (Lipinski definition) is 4. The summed E-state index contributed by atoms with van der Waals surface area (Å²) in [5.74, 6) is 0.772. The van der Waals surface area contributed by atoms with Crippen LogP contribution in [0.5, 0.6) is 0 Å². The zero-order chi connectivity index (χ0) is 18.7. The summed E-state index contributed by atoms with van der Waals surface area (Å²) in [5.41, 5.74) is 6.87. The maximum atomic E-state index is 13.2. The minimum absolute atomic E-state index is 0.00345. The molecule has 2 N–H and O–H groups in total. The molecule has 1 atom stereocenters. The average molecular weight is 352 g/mol. The molecule has 0 saturated carbocycles. The molecule has 1 aromatic heterocycles. The summed E-state index contributed by atoms with van der Waals surface area (Å²) in [4.78, 5) is 27.3. The lowest BCUT2D eigenvalue weighted by atomic mass is 9.65. The summed E-state index contributed by atoms with van der Waals surface area (Å²) in [6, 6.07) is 7.59. The molecule has 1 fully saturated rings. The number of carbonyl (C=O) groups is 2. The van der Waals surface area contributed by atoms with Crippen molar-refractivity contribution in [3.05, 3.63) is 47.4 Å². The molecule has 2 heterocycles. The van der Waals surface area contributed by atoms with Gasteiger partial charge in [0.05, 0.1) is 11.3 Å². The van der Waals surface area contributed by atoms with Crippen LogP contribution in [0.3, 0.4) is 0 Å². The molecule has 1 aliphatic carbocycles. The van der Waals surface area contributed by atoms with Crippen molar-refractivity contribution in [3.63, 3.8) is 0 Å². The van der Waals surface area contributed by atoms with Gasteiger partial charge < -0.3 is 15.1 Å². The highest BCUT2D eigenvalue weighted by Crippen LogP contribution is 2.47. The number of nitrogens with zero attached hydrogens (tertiary/aromatic N) is 1. The van der Waals surface area contributed by atoms with E-state index in [9.17, 15) is 9.59 Å². The number of fused-ring (bicyclic) bond motifs is 1. The number of hydrogen-bond donors (Lipinski definition) is 1. The number of ketones is 1. The van der Waals surface area contributed by atoms with E-state index in [1.165, 1.54) is 0 Å². The highest BCUT2D eigenvalue weighted by atomic mass is 16.3. The van der Waals surface area contributed by atoms with Crippen molar-refractivity contribution in [1.82, 2.24) is 4.90 Å². The normalized spacial score (nSPS) is 25.1. The molecule has 1 saturated heterocycles. The van der Waals surface area contributed by atoms with E-state index in [1.807, 2.05) is 56.0 Å². The van der Waals surface area contributed by atoms with E-state index in [2.05, 4.69) is 0 Å². The summed E-state index contributed by atoms with van der Waals surface area (Å²) >= 11 is 0. The number of carbonyl (C=O) groups excluding carboxylic acids is 2. The number of allylic oxidation sites excluding steroid dienone is 1. The number of amides is 1. The van der Waals surface area contributed by atoms with Gasteiger partial charge in [-0.1, -0.05) is 26.0 Å². The highest BCUT2D eigenvalue weighted by Gasteiger charge is 2.48. The van der Waals surface area contributed by atoms with Gasteiger partial charge in [0.2, 0.25) is 0 Å². The first-order valence-corrected chi connectivity index (χ1v) is 9.02. The fourth-order valence-electron chi connectivity index (χ4n) is 4.66. The molecular weight excluding hydrogens is 328 g/mol. The second kappa shape index (κ2) is 5.47. The number of likely N-dealkylation sites (tertiary alicyclic amines) is 1. The van der Waals surface area contributed by atoms with Crippen molar-refractivity contribution < 1.29 is 14.0 Å². The molecule has 1 amide bonds. The lowest BCUT2D eigenvalue weighted by Crippen LogP contribution is -2.42. The number of Topliss-reactive ketones (excluding diaryl/α,β-unsaturated/α-hetero) is 1. The van der Waals surface area contributed by atoms with E-state index in [0.717, 1.165) is 17.6 Å². The van der Waals surface area contributed by atoms with Crippen LogP contribution in [-0.4, -0.2) is 29.7 Å². The first kappa shape index (κ1) is 16.9. The maximum absolute atomic E-state index is 13.2. The van der Waals surface area contributed by atoms with Gasteiger partial charge in [-0.15, -0.1) is 0 Å². The van der Waals surface area contributed by atoms with Gasteiger partial charge in [0, 0.05) is 29.3 Å². The Morgan fingerprint density at radius 1 is 1.31 bits per heavy atom. The minimum Gasteiger partial charge on any atom is -0.461 e. The van der Waals surface area contributed by atoms with Crippen LogP contribution in [0.1, 0.15) is 42.8 Å². The molecule has 1 aliphatic heterocycles. The van der Waals surface area contributed by atoms with Gasteiger partial charge in [-0.05, 0) is 38.0 Å². The third kappa shape index (κ3) is 2.54. The molecule has 0 radical (unpaired) electrons. The van der Waals surface area contributed by atoms with Crippen LogP contribution in [-0.2, 0) is 4.79 Å². The lowest BCUT2D eigenvalue weighted by Gasteiger charge is -2.39. The molecule has 0 bridgehead atoms. The predicted molar refractivity (Wildman–Crippen MR) is 99.6 cm³/mol. The second-order valence-corrected chi connectivity index (χ2v) is 8.41. The number of furan rings is 1. The van der Waals surface area contributed by atoms with Crippen LogP contribution in [0.2, 0.25) is 0 Å². The Balaban J connectivity index is 1.65. The van der Waals surface area contributed by atoms with E-state index >= 15 is 0 Å². The molecule has 2 aromatic rings. The Bertz CT molecular complexity index is 953. The zero-order valence-electron chi connectivity index (χ0n) is 15.5. The molecule has 136 valence electrons. The van der Waals surface area contributed by atoms with Crippen LogP contribution in [0.25, 0.3) is 11.0 Å². The molecule has 26 heavy (non-hydrogen) atoms. The van der Waals surface area contributed by atoms with Gasteiger partial charge in [0.25, 0.3) is 5.91 Å².